The molecule has 2 aromatic carbocycles. The van der Waals surface area contributed by atoms with Crippen molar-refractivity contribution < 1.29 is 43.3 Å². The van der Waals surface area contributed by atoms with Crippen LogP contribution in [-0.4, -0.2) is 171 Å². The average Bonchev–Trinajstić information content (AvgIpc) is 4.32. The molecule has 0 saturated carbocycles. The number of rotatable bonds is 10. The van der Waals surface area contributed by atoms with Gasteiger partial charge in [-0.15, -0.1) is 12.4 Å². The van der Waals surface area contributed by atoms with Gasteiger partial charge in [-0.05, 0) is 38.1 Å². The van der Waals surface area contributed by atoms with E-state index in [0.717, 1.165) is 31.7 Å². The molecule has 76 heavy (non-hydrogen) atoms. The summed E-state index contributed by atoms with van der Waals surface area (Å²) in [4.78, 5) is 102. The van der Waals surface area contributed by atoms with Gasteiger partial charge in [0, 0.05) is 75.9 Å². The van der Waals surface area contributed by atoms with Crippen LogP contribution < -0.4 is 14.8 Å². The number of methoxy groups -OCH3 is 2. The van der Waals surface area contributed by atoms with Gasteiger partial charge in [-0.25, -0.2) is 24.7 Å². The maximum atomic E-state index is 13.3. The van der Waals surface area contributed by atoms with E-state index in [1.54, 1.807) is 30.9 Å². The van der Waals surface area contributed by atoms with Crippen LogP contribution in [0.3, 0.4) is 0 Å². The third kappa shape index (κ3) is 12.7. The smallest absolute Gasteiger partial charge is 0.377 e. The van der Waals surface area contributed by atoms with E-state index in [1.807, 2.05) is 81.1 Å². The zero-order chi connectivity index (χ0) is 54.2. The van der Waals surface area contributed by atoms with Crippen LogP contribution in [0.1, 0.15) is 80.8 Å². The van der Waals surface area contributed by atoms with Crippen molar-refractivity contribution in [3.05, 3.63) is 132 Å². The van der Waals surface area contributed by atoms with Crippen LogP contribution >= 0.6 is 12.4 Å². The molecule has 23 nitrogen and oxygen atoms in total. The summed E-state index contributed by atoms with van der Waals surface area (Å²) in [5.41, 5.74) is 2.52. The summed E-state index contributed by atoms with van der Waals surface area (Å²) < 4.78 is 13.6. The Bertz CT molecular complexity index is 3250. The number of halogens is 1. The van der Waals surface area contributed by atoms with E-state index >= 15 is 0 Å². The molecule has 0 bridgehead atoms. The van der Waals surface area contributed by atoms with Crippen LogP contribution in [-0.2, 0) is 9.59 Å². The van der Waals surface area contributed by atoms with E-state index in [2.05, 4.69) is 45.4 Å². The highest BCUT2D eigenvalue weighted by Crippen LogP contribution is 2.33. The van der Waals surface area contributed by atoms with Crippen molar-refractivity contribution in [1.82, 2.24) is 69.5 Å². The number of H-pyrrole nitrogens is 2. The van der Waals surface area contributed by atoms with Gasteiger partial charge in [-0.3, -0.25) is 24.0 Å². The number of aliphatic carboxylic acids is 1. The number of piperazine rings is 2. The zero-order valence-corrected chi connectivity index (χ0v) is 44.3. The summed E-state index contributed by atoms with van der Waals surface area (Å²) in [6.45, 7) is 16.2. The average molecular weight is 1060 g/mol. The van der Waals surface area contributed by atoms with Crippen LogP contribution in [0.15, 0.2) is 98.1 Å². The third-order valence-corrected chi connectivity index (χ3v) is 11.8. The van der Waals surface area contributed by atoms with Gasteiger partial charge in [0.1, 0.15) is 35.8 Å². The van der Waals surface area contributed by atoms with Crippen molar-refractivity contribution in [1.29, 1.82) is 0 Å². The number of nitrogens with one attached hydrogen (secondary N) is 3. The molecule has 2 fully saturated rings. The molecule has 10 rings (SSSR count). The number of hydrogen-bond acceptors (Lipinski definition) is 15. The quantitative estimate of drug-likeness (QED) is 0.0963. The summed E-state index contributed by atoms with van der Waals surface area (Å²) in [6.07, 6.45) is 8.49. The lowest BCUT2D eigenvalue weighted by molar-refractivity contribution is -0.131. The minimum absolute atomic E-state index is 0. The Morgan fingerprint density at radius 1 is 0.553 bits per heavy atom. The first kappa shape index (κ1) is 58.1. The Labute approximate surface area is 444 Å². The molecule has 0 spiro atoms. The molecule has 6 aromatic heterocycles. The predicted octanol–water partition coefficient (Wildman–Crippen LogP) is 5.56. The maximum Gasteiger partial charge on any atom is 0.377 e. The molecule has 0 unspecified atom stereocenters. The van der Waals surface area contributed by atoms with E-state index in [4.69, 9.17) is 14.6 Å². The second-order valence-electron chi connectivity index (χ2n) is 16.0. The van der Waals surface area contributed by atoms with Gasteiger partial charge in [-0.2, -0.15) is 19.6 Å². The number of pyridine rings is 2. The Kier molecular flexibility index (Phi) is 21.0. The van der Waals surface area contributed by atoms with Crippen LogP contribution in [0.4, 0.5) is 0 Å². The molecule has 2 aliphatic heterocycles. The van der Waals surface area contributed by atoms with E-state index in [1.165, 1.54) is 65.9 Å². The predicted molar refractivity (Wildman–Crippen MR) is 285 cm³/mol. The number of carbonyl (C=O) groups is 6. The maximum absolute atomic E-state index is 13.3. The van der Waals surface area contributed by atoms with Crippen molar-refractivity contribution in [3.63, 3.8) is 0 Å². The van der Waals surface area contributed by atoms with Crippen molar-refractivity contribution >= 4 is 69.5 Å². The highest BCUT2D eigenvalue weighted by atomic mass is 35.5. The summed E-state index contributed by atoms with van der Waals surface area (Å²) in [5, 5.41) is 21.2. The molecular weight excluding hydrogens is 1000 g/mol. The minimum atomic E-state index is -1.54. The number of aromatic nitrogens is 10. The zero-order valence-electron chi connectivity index (χ0n) is 43.4. The monoisotopic (exact) mass is 1060 g/mol. The number of carboxylic acid groups (broad SMARTS) is 1. The largest absolute Gasteiger partial charge is 0.494 e. The number of amides is 3. The second-order valence-corrected chi connectivity index (χ2v) is 16.0. The summed E-state index contributed by atoms with van der Waals surface area (Å²) in [7, 11) is 2.89. The van der Waals surface area contributed by atoms with Crippen LogP contribution in [0, 0.1) is 13.8 Å². The lowest BCUT2D eigenvalue weighted by atomic mass is 10.1. The fraction of sp³-hybridized carbons (Fsp3) is 0.308. The van der Waals surface area contributed by atoms with Crippen LogP contribution in [0.2, 0.25) is 0 Å². The minimum Gasteiger partial charge on any atom is -0.494 e. The van der Waals surface area contributed by atoms with Gasteiger partial charge >= 0.3 is 5.97 Å². The molecule has 0 atom stereocenters. The number of Topliss-reactive ketones (excluding diaryl/α,β-unsaturated/α-hetero) is 2. The Balaban J connectivity index is 0.000000222. The lowest BCUT2D eigenvalue weighted by Gasteiger charge is -2.34. The van der Waals surface area contributed by atoms with E-state index in [9.17, 15) is 28.8 Å². The molecule has 8 aromatic rings. The van der Waals surface area contributed by atoms with Gasteiger partial charge in [0.25, 0.3) is 29.3 Å². The highest BCUT2D eigenvalue weighted by Gasteiger charge is 2.32. The molecular formula is C52H61ClN14O9. The number of ether oxygens (including phenoxy) is 2. The highest BCUT2D eigenvalue weighted by molar-refractivity contribution is 6.45. The third-order valence-electron chi connectivity index (χ3n) is 11.8. The first-order valence-corrected chi connectivity index (χ1v) is 24.2. The second kappa shape index (κ2) is 27.5. The number of aryl methyl sites for hydroxylation is 2. The molecule has 2 aliphatic rings. The number of nitrogens with zero attached hydrogens (tertiary/aromatic N) is 11. The van der Waals surface area contributed by atoms with E-state index < -0.39 is 23.4 Å². The number of fused-ring (bicyclic) bond motifs is 2. The number of carbonyl (C=O) groups excluding carboxylic acids is 5. The van der Waals surface area contributed by atoms with Gasteiger partial charge in [0.15, 0.2) is 11.6 Å². The van der Waals surface area contributed by atoms with Crippen molar-refractivity contribution in [2.75, 3.05) is 66.6 Å². The van der Waals surface area contributed by atoms with Gasteiger partial charge in [-0.1, -0.05) is 64.1 Å². The number of ketones is 2. The Morgan fingerprint density at radius 3 is 1.33 bits per heavy atom. The van der Waals surface area contributed by atoms with Crippen LogP contribution in [0.5, 0.6) is 11.5 Å². The topological polar surface area (TPSA) is 282 Å². The summed E-state index contributed by atoms with van der Waals surface area (Å²) in [6, 6.07) is 18.5. The number of aromatic amines is 2. The molecule has 0 aliphatic carbocycles. The molecule has 24 heteroatoms. The first-order valence-electron chi connectivity index (χ1n) is 24.2. The molecule has 3 amide bonds. The SMILES string of the molecule is CC.CC.COc1cnc(-n2ncnc2C)c2[nH]cc(C(=O)C(=O)N3CCN(C(=O)c4ccccc4)CC3)c12.COc1cnc(-n2ncnc2C)c2[nH]cc(C(=O)C(=O)O)c12.Cl.O=C(c1ccccc1)N1CCNCC1. The molecule has 4 N–H and O–H groups in total. The molecule has 8 heterocycles. The summed E-state index contributed by atoms with van der Waals surface area (Å²) >= 11 is 0. The molecule has 400 valence electrons. The number of carboxylic acids is 1. The standard InChI is InChI=1S/C24H23N7O4.C13H11N5O4.C11H14N2O.2C2H6.ClH/c1-15-27-14-28-31(15)22-20-19(18(35-2)13-26-22)17(12-25-20)21(32)24(34)30-10-8-29(9-11-30)23(33)16-6-4-3-5-7-16;1-6-16-5-17-18(6)12-10-9(8(22-2)4-15-12)7(3-14-10)11(19)13(20)21;14-11(10-4-2-1-3-5-10)13-8-6-12-7-9-13;2*1-2;/h3-7,12-14,25H,8-11H2,1-2H3;3-5,14H,1-2H3,(H,20,21);1-5,12H,6-9H2;2*1-2H3;1H. The van der Waals surface area contributed by atoms with E-state index in [0.29, 0.717) is 75.2 Å². The lowest BCUT2D eigenvalue weighted by Crippen LogP contribution is -2.52. The number of benzene rings is 2. The van der Waals surface area contributed by atoms with Gasteiger partial charge in [0.2, 0.25) is 0 Å². The molecule has 2 saturated heterocycles. The number of hydrogen-bond donors (Lipinski definition) is 4. The Hall–Kier alpha value is -8.83. The fourth-order valence-electron chi connectivity index (χ4n) is 8.09. The van der Waals surface area contributed by atoms with Gasteiger partial charge in [0.05, 0.1) is 59.5 Å². The van der Waals surface area contributed by atoms with Crippen molar-refractivity contribution in [3.8, 4) is 23.1 Å². The first-order chi connectivity index (χ1) is 36.4. The normalized spacial score (nSPS) is 12.7. The van der Waals surface area contributed by atoms with E-state index in [-0.39, 0.29) is 48.4 Å². The van der Waals surface area contributed by atoms with Gasteiger partial charge < -0.3 is 44.6 Å². The fourth-order valence-corrected chi connectivity index (χ4v) is 8.09. The van der Waals surface area contributed by atoms with Crippen LogP contribution in [0.25, 0.3) is 33.4 Å². The Morgan fingerprint density at radius 2 is 0.947 bits per heavy atom. The van der Waals surface area contributed by atoms with Crippen molar-refractivity contribution in [2.45, 2.75) is 41.5 Å². The van der Waals surface area contributed by atoms with Crippen molar-refractivity contribution in [2.24, 2.45) is 0 Å². The summed E-state index contributed by atoms with van der Waals surface area (Å²) in [5.74, 6) is -1.11. The molecule has 0 radical (unpaired) electrons.